The van der Waals surface area contributed by atoms with Gasteiger partial charge in [0.15, 0.2) is 0 Å². The molecular formula is C11H11ClFN. The molecule has 0 saturated heterocycles. The summed E-state index contributed by atoms with van der Waals surface area (Å²) in [5.74, 6) is 6.02. The number of benzene rings is 1. The van der Waals surface area contributed by atoms with Crippen molar-refractivity contribution in [3.63, 3.8) is 0 Å². The molecule has 0 spiro atoms. The van der Waals surface area contributed by atoms with E-state index in [9.17, 15) is 4.39 Å². The maximum Gasteiger partial charge on any atom is 0.123 e. The Bertz CT molecular complexity index is 365. The first-order chi connectivity index (χ1) is 6.77. The first-order valence-electron chi connectivity index (χ1n) is 4.31. The van der Waals surface area contributed by atoms with E-state index in [0.29, 0.717) is 18.8 Å². The highest BCUT2D eigenvalue weighted by Gasteiger charge is 1.99. The molecule has 2 N–H and O–H groups in total. The Labute approximate surface area is 88.1 Å². The Morgan fingerprint density at radius 2 is 2.21 bits per heavy atom. The summed E-state index contributed by atoms with van der Waals surface area (Å²) in [4.78, 5) is 0. The minimum absolute atomic E-state index is 0.284. The van der Waals surface area contributed by atoms with Crippen LogP contribution < -0.4 is 5.73 Å². The fourth-order valence-electron chi connectivity index (χ4n) is 1.06. The lowest BCUT2D eigenvalue weighted by Crippen LogP contribution is -2.00. The van der Waals surface area contributed by atoms with E-state index in [2.05, 4.69) is 11.8 Å². The van der Waals surface area contributed by atoms with Crippen molar-refractivity contribution < 1.29 is 4.39 Å². The van der Waals surface area contributed by atoms with Gasteiger partial charge in [0.05, 0.1) is 0 Å². The summed E-state index contributed by atoms with van der Waals surface area (Å²) in [7, 11) is 0. The SMILES string of the molecule is NCc1cc(F)ccc1C#CCCCl. The standard InChI is InChI=1S/C11H11ClFN/c12-6-2-1-3-9-4-5-11(13)7-10(9)8-14/h4-5,7H,2,6,8,14H2. The quantitative estimate of drug-likeness (QED) is 0.590. The van der Waals surface area contributed by atoms with Crippen molar-refractivity contribution in [2.75, 3.05) is 5.88 Å². The highest BCUT2D eigenvalue weighted by molar-refractivity contribution is 6.18. The van der Waals surface area contributed by atoms with Crippen LogP contribution in [0.2, 0.25) is 0 Å². The summed E-state index contributed by atoms with van der Waals surface area (Å²) in [6.07, 6.45) is 0.628. The van der Waals surface area contributed by atoms with E-state index in [0.717, 1.165) is 11.1 Å². The molecule has 0 heterocycles. The maximum atomic E-state index is 12.8. The zero-order valence-corrected chi connectivity index (χ0v) is 8.44. The molecule has 0 aliphatic rings. The van der Waals surface area contributed by atoms with Gasteiger partial charge >= 0.3 is 0 Å². The molecule has 0 saturated carbocycles. The van der Waals surface area contributed by atoms with Gasteiger partial charge in [-0.05, 0) is 23.8 Å². The normalized spacial score (nSPS) is 9.36. The average Bonchev–Trinajstić information content (AvgIpc) is 2.20. The van der Waals surface area contributed by atoms with Crippen LogP contribution in [0.1, 0.15) is 17.5 Å². The predicted molar refractivity (Wildman–Crippen MR) is 56.5 cm³/mol. The van der Waals surface area contributed by atoms with Crippen molar-refractivity contribution in [1.82, 2.24) is 0 Å². The van der Waals surface area contributed by atoms with Gasteiger partial charge in [0.25, 0.3) is 0 Å². The lowest BCUT2D eigenvalue weighted by Gasteiger charge is -2.00. The number of alkyl halides is 1. The lowest BCUT2D eigenvalue weighted by atomic mass is 10.1. The van der Waals surface area contributed by atoms with Gasteiger partial charge in [0.2, 0.25) is 0 Å². The van der Waals surface area contributed by atoms with Gasteiger partial charge < -0.3 is 5.73 Å². The van der Waals surface area contributed by atoms with Crippen LogP contribution in [0.25, 0.3) is 0 Å². The van der Waals surface area contributed by atoms with E-state index in [1.165, 1.54) is 12.1 Å². The molecule has 0 atom stereocenters. The second-order valence-corrected chi connectivity index (χ2v) is 3.12. The molecule has 1 aromatic rings. The second kappa shape index (κ2) is 5.64. The Hall–Kier alpha value is -1.04. The number of nitrogens with two attached hydrogens (primary N) is 1. The Balaban J connectivity index is 2.92. The van der Waals surface area contributed by atoms with Crippen LogP contribution in [0, 0.1) is 17.7 Å². The molecule has 0 bridgehead atoms. The molecule has 3 heteroatoms. The van der Waals surface area contributed by atoms with Crippen LogP contribution in [0.15, 0.2) is 18.2 Å². The Kier molecular flexibility index (Phi) is 4.45. The summed E-state index contributed by atoms with van der Waals surface area (Å²) >= 11 is 5.48. The largest absolute Gasteiger partial charge is 0.326 e. The van der Waals surface area contributed by atoms with Crippen LogP contribution in [0.4, 0.5) is 4.39 Å². The third kappa shape index (κ3) is 3.02. The molecular weight excluding hydrogens is 201 g/mol. The van der Waals surface area contributed by atoms with Crippen LogP contribution in [-0.4, -0.2) is 5.88 Å². The molecule has 0 aliphatic heterocycles. The fraction of sp³-hybridized carbons (Fsp3) is 0.273. The number of halogens is 2. The smallest absolute Gasteiger partial charge is 0.123 e. The van der Waals surface area contributed by atoms with Crippen LogP contribution in [-0.2, 0) is 6.54 Å². The van der Waals surface area contributed by atoms with E-state index in [1.807, 2.05) is 0 Å². The number of hydrogen-bond donors (Lipinski definition) is 1. The number of hydrogen-bond acceptors (Lipinski definition) is 1. The Morgan fingerprint density at radius 1 is 1.43 bits per heavy atom. The average molecular weight is 212 g/mol. The molecule has 1 rings (SSSR count). The fourth-order valence-corrected chi connectivity index (χ4v) is 1.15. The molecule has 0 radical (unpaired) electrons. The maximum absolute atomic E-state index is 12.8. The molecule has 0 unspecified atom stereocenters. The molecule has 0 aliphatic carbocycles. The summed E-state index contributed by atoms with van der Waals surface area (Å²) in [5.41, 5.74) is 6.97. The minimum atomic E-state index is -0.284. The van der Waals surface area contributed by atoms with Crippen molar-refractivity contribution in [2.45, 2.75) is 13.0 Å². The first-order valence-corrected chi connectivity index (χ1v) is 4.84. The highest BCUT2D eigenvalue weighted by atomic mass is 35.5. The summed E-state index contributed by atoms with van der Waals surface area (Å²) in [6.45, 7) is 0.294. The van der Waals surface area contributed by atoms with Crippen LogP contribution in [0.3, 0.4) is 0 Å². The van der Waals surface area contributed by atoms with Gasteiger partial charge in [0.1, 0.15) is 5.82 Å². The molecule has 0 fully saturated rings. The van der Waals surface area contributed by atoms with Crippen molar-refractivity contribution in [3.8, 4) is 11.8 Å². The summed E-state index contributed by atoms with van der Waals surface area (Å²) < 4.78 is 12.8. The van der Waals surface area contributed by atoms with E-state index in [1.54, 1.807) is 6.07 Å². The number of rotatable bonds is 2. The van der Waals surface area contributed by atoms with Crippen molar-refractivity contribution in [3.05, 3.63) is 35.1 Å². The second-order valence-electron chi connectivity index (χ2n) is 2.75. The van der Waals surface area contributed by atoms with E-state index in [4.69, 9.17) is 17.3 Å². The minimum Gasteiger partial charge on any atom is -0.326 e. The Morgan fingerprint density at radius 3 is 2.86 bits per heavy atom. The molecule has 74 valence electrons. The molecule has 0 amide bonds. The summed E-state index contributed by atoms with van der Waals surface area (Å²) in [6, 6.07) is 4.42. The molecule has 14 heavy (non-hydrogen) atoms. The summed E-state index contributed by atoms with van der Waals surface area (Å²) in [5, 5.41) is 0. The molecule has 1 aromatic carbocycles. The van der Waals surface area contributed by atoms with Gasteiger partial charge in [-0.1, -0.05) is 11.8 Å². The van der Waals surface area contributed by atoms with Crippen molar-refractivity contribution >= 4 is 11.6 Å². The van der Waals surface area contributed by atoms with Gasteiger partial charge in [0, 0.05) is 24.4 Å². The van der Waals surface area contributed by atoms with Gasteiger partial charge in [-0.3, -0.25) is 0 Å². The third-order valence-corrected chi connectivity index (χ3v) is 1.92. The molecule has 1 nitrogen and oxygen atoms in total. The van der Waals surface area contributed by atoms with Gasteiger partial charge in [-0.2, -0.15) is 0 Å². The van der Waals surface area contributed by atoms with Crippen LogP contribution in [0.5, 0.6) is 0 Å². The monoisotopic (exact) mass is 211 g/mol. The molecule has 0 aromatic heterocycles. The van der Waals surface area contributed by atoms with Gasteiger partial charge in [-0.15, -0.1) is 11.6 Å². The highest BCUT2D eigenvalue weighted by Crippen LogP contribution is 2.09. The predicted octanol–water partition coefficient (Wildman–Crippen LogP) is 2.26. The third-order valence-electron chi connectivity index (χ3n) is 1.73. The van der Waals surface area contributed by atoms with E-state index < -0.39 is 0 Å². The van der Waals surface area contributed by atoms with E-state index in [-0.39, 0.29) is 5.82 Å². The zero-order chi connectivity index (χ0) is 10.4. The first kappa shape index (κ1) is 11.0. The van der Waals surface area contributed by atoms with Crippen molar-refractivity contribution in [2.24, 2.45) is 5.73 Å². The topological polar surface area (TPSA) is 26.0 Å². The van der Waals surface area contributed by atoms with E-state index >= 15 is 0 Å². The van der Waals surface area contributed by atoms with Crippen molar-refractivity contribution in [1.29, 1.82) is 0 Å². The lowest BCUT2D eigenvalue weighted by molar-refractivity contribution is 0.625. The van der Waals surface area contributed by atoms with Gasteiger partial charge in [-0.25, -0.2) is 4.39 Å². The zero-order valence-electron chi connectivity index (χ0n) is 7.69. The van der Waals surface area contributed by atoms with Crippen LogP contribution >= 0.6 is 11.6 Å².